The summed E-state index contributed by atoms with van der Waals surface area (Å²) in [7, 11) is 0. The van der Waals surface area contributed by atoms with Crippen molar-refractivity contribution in [2.75, 3.05) is 39.3 Å². The number of halogens is 2. The van der Waals surface area contributed by atoms with Gasteiger partial charge in [-0.05, 0) is 35.9 Å². The second-order valence-electron chi connectivity index (χ2n) is 7.86. The van der Waals surface area contributed by atoms with Crippen LogP contribution < -0.4 is 5.32 Å². The van der Waals surface area contributed by atoms with Gasteiger partial charge in [0.15, 0.2) is 0 Å². The molecule has 0 unspecified atom stereocenters. The van der Waals surface area contributed by atoms with E-state index in [2.05, 4.69) is 31.1 Å². The summed E-state index contributed by atoms with van der Waals surface area (Å²) in [5.74, 6) is -0.150. The summed E-state index contributed by atoms with van der Waals surface area (Å²) >= 11 is 9.46. The number of nitrogens with zero attached hydrogens (tertiary/aromatic N) is 2. The number of carbonyl (C=O) groups excluding carboxylic acids is 1. The third-order valence-corrected chi connectivity index (χ3v) is 6.43. The summed E-state index contributed by atoms with van der Waals surface area (Å²) in [5, 5.41) is 13.6. The molecule has 4 rings (SSSR count). The van der Waals surface area contributed by atoms with Crippen LogP contribution in [0.3, 0.4) is 0 Å². The summed E-state index contributed by atoms with van der Waals surface area (Å²) in [6, 6.07) is 13.3. The predicted octanol–water partition coefficient (Wildman–Crippen LogP) is 4.78. The topological polar surface area (TPSA) is 88.7 Å². The van der Waals surface area contributed by atoms with Crippen LogP contribution in [0.4, 0.5) is 4.79 Å². The Hall–Kier alpha value is -2.81. The molecule has 0 saturated carbocycles. The van der Waals surface area contributed by atoms with Gasteiger partial charge in [0.2, 0.25) is 0 Å². The number of benzene rings is 2. The maximum atomic E-state index is 13.2. The molecule has 172 valence electrons. The molecule has 0 atom stereocenters. The number of hydrogen-bond donors (Lipinski definition) is 3. The number of H-pyrrole nitrogens is 1. The summed E-state index contributed by atoms with van der Waals surface area (Å²) in [6.45, 7) is 3.45. The monoisotopic (exact) mass is 530 g/mol. The smallest absolute Gasteiger partial charge is 0.407 e. The number of fused-ring (bicyclic) bond motifs is 1. The van der Waals surface area contributed by atoms with Crippen molar-refractivity contribution in [1.29, 1.82) is 0 Å². The van der Waals surface area contributed by atoms with Gasteiger partial charge < -0.3 is 20.3 Å². The molecular weight excluding hydrogens is 508 g/mol. The second-order valence-corrected chi connectivity index (χ2v) is 9.21. The Kier molecular flexibility index (Phi) is 7.37. The van der Waals surface area contributed by atoms with Gasteiger partial charge >= 0.3 is 6.09 Å². The van der Waals surface area contributed by atoms with Crippen LogP contribution in [0.1, 0.15) is 21.6 Å². The summed E-state index contributed by atoms with van der Waals surface area (Å²) < 4.78 is 0.928. The zero-order valence-electron chi connectivity index (χ0n) is 17.9. The lowest BCUT2D eigenvalue weighted by Gasteiger charge is -2.32. The van der Waals surface area contributed by atoms with E-state index in [1.165, 1.54) is 4.90 Å². The lowest BCUT2D eigenvalue weighted by atomic mass is 10.1. The lowest BCUT2D eigenvalue weighted by Crippen LogP contribution is -2.49. The first-order valence-electron chi connectivity index (χ1n) is 10.6. The number of carbonyl (C=O) groups is 2. The van der Waals surface area contributed by atoms with Gasteiger partial charge in [-0.2, -0.15) is 0 Å². The number of piperazine rings is 1. The zero-order valence-corrected chi connectivity index (χ0v) is 20.2. The fourth-order valence-corrected chi connectivity index (χ4v) is 4.38. The average Bonchev–Trinajstić information content (AvgIpc) is 3.16. The van der Waals surface area contributed by atoms with E-state index in [-0.39, 0.29) is 5.91 Å². The molecule has 3 aromatic rings. The highest BCUT2D eigenvalue weighted by Gasteiger charge is 2.21. The van der Waals surface area contributed by atoms with Gasteiger partial charge in [0.1, 0.15) is 0 Å². The number of amides is 2. The molecule has 0 bridgehead atoms. The van der Waals surface area contributed by atoms with E-state index in [0.717, 1.165) is 26.6 Å². The summed E-state index contributed by atoms with van der Waals surface area (Å²) in [4.78, 5) is 31.1. The van der Waals surface area contributed by atoms with Gasteiger partial charge in [-0.25, -0.2) is 4.79 Å². The van der Waals surface area contributed by atoms with E-state index in [1.807, 2.05) is 54.6 Å². The first-order chi connectivity index (χ1) is 15.9. The van der Waals surface area contributed by atoms with Crippen molar-refractivity contribution in [3.63, 3.8) is 0 Å². The minimum absolute atomic E-state index is 0.150. The third-order valence-electron chi connectivity index (χ3n) is 5.69. The van der Waals surface area contributed by atoms with Crippen molar-refractivity contribution in [2.45, 2.75) is 0 Å². The van der Waals surface area contributed by atoms with Gasteiger partial charge in [0, 0.05) is 59.7 Å². The number of aromatic amines is 1. The fourth-order valence-electron chi connectivity index (χ4n) is 3.89. The van der Waals surface area contributed by atoms with Crippen LogP contribution in [-0.2, 0) is 0 Å². The molecule has 33 heavy (non-hydrogen) atoms. The van der Waals surface area contributed by atoms with Gasteiger partial charge in [-0.15, -0.1) is 0 Å². The van der Waals surface area contributed by atoms with Crippen LogP contribution in [0.2, 0.25) is 5.02 Å². The number of nitrogens with one attached hydrogen (secondary N) is 2. The Bertz CT molecular complexity index is 1180. The number of carboxylic acid groups (broad SMARTS) is 1. The van der Waals surface area contributed by atoms with Crippen LogP contribution in [0.25, 0.3) is 23.1 Å². The third kappa shape index (κ3) is 5.76. The van der Waals surface area contributed by atoms with Crippen molar-refractivity contribution >= 4 is 62.6 Å². The highest BCUT2D eigenvalue weighted by molar-refractivity contribution is 9.10. The molecule has 1 fully saturated rings. The molecule has 0 radical (unpaired) electrons. The van der Waals surface area contributed by atoms with Crippen molar-refractivity contribution in [2.24, 2.45) is 0 Å². The molecule has 0 spiro atoms. The first kappa shape index (κ1) is 23.4. The lowest BCUT2D eigenvalue weighted by molar-refractivity contribution is 0.0931. The van der Waals surface area contributed by atoms with Crippen LogP contribution in [0, 0.1) is 0 Å². The molecule has 2 aromatic carbocycles. The highest BCUT2D eigenvalue weighted by atomic mass is 79.9. The number of aromatic nitrogens is 1. The van der Waals surface area contributed by atoms with Crippen LogP contribution in [0.15, 0.2) is 46.9 Å². The zero-order chi connectivity index (χ0) is 23.4. The Balaban J connectivity index is 1.47. The second kappa shape index (κ2) is 10.4. The van der Waals surface area contributed by atoms with Gasteiger partial charge in [-0.3, -0.25) is 9.69 Å². The van der Waals surface area contributed by atoms with Crippen molar-refractivity contribution in [3.8, 4) is 0 Å². The molecular formula is C24H24BrClN4O3. The van der Waals surface area contributed by atoms with Crippen LogP contribution in [0.5, 0.6) is 0 Å². The predicted molar refractivity (Wildman–Crippen MR) is 135 cm³/mol. The Labute approximate surface area is 205 Å². The standard InChI is InChI=1S/C24H24BrClN4O3/c25-17-4-7-19-21(15-17)28-20(8-3-16-1-5-18(26)6-2-16)22(19)23(31)27-9-10-29-11-13-30(14-12-29)24(32)33/h1-8,15,28H,9-14H2,(H,27,31)(H,32,33). The molecule has 2 heterocycles. The summed E-state index contributed by atoms with van der Waals surface area (Å²) in [6.07, 6.45) is 2.96. The van der Waals surface area contributed by atoms with E-state index < -0.39 is 6.09 Å². The van der Waals surface area contributed by atoms with Crippen LogP contribution >= 0.6 is 27.5 Å². The number of rotatable bonds is 6. The van der Waals surface area contributed by atoms with Crippen molar-refractivity contribution in [1.82, 2.24) is 20.1 Å². The molecule has 0 aliphatic carbocycles. The number of hydrogen-bond acceptors (Lipinski definition) is 3. The molecule has 3 N–H and O–H groups in total. The molecule has 2 amide bonds. The molecule has 1 aliphatic heterocycles. The normalized spacial score (nSPS) is 14.8. The molecule has 7 nitrogen and oxygen atoms in total. The van der Waals surface area contributed by atoms with E-state index in [1.54, 1.807) is 0 Å². The Morgan fingerprint density at radius 1 is 1.09 bits per heavy atom. The highest BCUT2D eigenvalue weighted by Crippen LogP contribution is 2.27. The quantitative estimate of drug-likeness (QED) is 0.427. The van der Waals surface area contributed by atoms with Gasteiger partial charge in [0.25, 0.3) is 5.91 Å². The first-order valence-corrected chi connectivity index (χ1v) is 11.8. The van der Waals surface area contributed by atoms with Crippen molar-refractivity contribution in [3.05, 3.63) is 68.8 Å². The maximum Gasteiger partial charge on any atom is 0.407 e. The largest absolute Gasteiger partial charge is 0.465 e. The minimum Gasteiger partial charge on any atom is -0.465 e. The van der Waals surface area contributed by atoms with Crippen LogP contribution in [-0.4, -0.2) is 71.2 Å². The Morgan fingerprint density at radius 3 is 2.52 bits per heavy atom. The summed E-state index contributed by atoms with van der Waals surface area (Å²) in [5.41, 5.74) is 3.17. The van der Waals surface area contributed by atoms with Gasteiger partial charge in [-0.1, -0.05) is 51.8 Å². The van der Waals surface area contributed by atoms with E-state index in [0.29, 0.717) is 49.9 Å². The molecule has 1 aliphatic rings. The van der Waals surface area contributed by atoms with Gasteiger partial charge in [0.05, 0.1) is 11.3 Å². The fraction of sp³-hybridized carbons (Fsp3) is 0.250. The average molecular weight is 532 g/mol. The molecule has 9 heteroatoms. The van der Waals surface area contributed by atoms with E-state index >= 15 is 0 Å². The van der Waals surface area contributed by atoms with E-state index in [9.17, 15) is 9.59 Å². The molecule has 1 aromatic heterocycles. The maximum absolute atomic E-state index is 13.2. The SMILES string of the molecule is O=C(NCCN1CCN(C(=O)O)CC1)c1c(C=Cc2ccc(Cl)cc2)[nH]c2cc(Br)ccc12. The Morgan fingerprint density at radius 2 is 1.82 bits per heavy atom. The molecule has 1 saturated heterocycles. The minimum atomic E-state index is -0.881. The van der Waals surface area contributed by atoms with E-state index in [4.69, 9.17) is 16.7 Å². The van der Waals surface area contributed by atoms with Crippen molar-refractivity contribution < 1.29 is 14.7 Å².